The molecule has 2 heterocycles. The van der Waals surface area contributed by atoms with Crippen LogP contribution in [0.15, 0.2) is 12.1 Å². The number of carbonyl (C=O) groups excluding carboxylic acids is 1. The third kappa shape index (κ3) is 2.21. The summed E-state index contributed by atoms with van der Waals surface area (Å²) in [7, 11) is 0. The molecule has 1 amide bonds. The smallest absolute Gasteiger partial charge is 0.272 e. The van der Waals surface area contributed by atoms with Gasteiger partial charge in [-0.2, -0.15) is 4.39 Å². The van der Waals surface area contributed by atoms with E-state index >= 15 is 0 Å². The number of aryl methyl sites for hydroxylation is 1. The van der Waals surface area contributed by atoms with Gasteiger partial charge < -0.3 is 4.90 Å². The summed E-state index contributed by atoms with van der Waals surface area (Å²) in [6.45, 7) is 3.16. The first kappa shape index (κ1) is 11.0. The second-order valence-corrected chi connectivity index (χ2v) is 4.16. The van der Waals surface area contributed by atoms with Gasteiger partial charge in [-0.25, -0.2) is 4.98 Å². The van der Waals surface area contributed by atoms with Crippen molar-refractivity contribution in [2.75, 3.05) is 13.1 Å². The monoisotopic (exact) mass is 222 g/mol. The van der Waals surface area contributed by atoms with E-state index in [9.17, 15) is 9.18 Å². The van der Waals surface area contributed by atoms with Crippen molar-refractivity contribution in [3.8, 4) is 0 Å². The number of pyridine rings is 1. The van der Waals surface area contributed by atoms with Crippen molar-refractivity contribution in [3.63, 3.8) is 0 Å². The molecular formula is C12H15FN2O. The number of likely N-dealkylation sites (tertiary alicyclic amines) is 1. The number of nitrogens with zero attached hydrogens (tertiary/aromatic N) is 2. The molecular weight excluding hydrogens is 207 g/mol. The Bertz CT molecular complexity index is 400. The molecule has 1 aliphatic rings. The summed E-state index contributed by atoms with van der Waals surface area (Å²) in [5.74, 6) is -0.707. The van der Waals surface area contributed by atoms with Crippen molar-refractivity contribution in [2.24, 2.45) is 0 Å². The summed E-state index contributed by atoms with van der Waals surface area (Å²) in [6.07, 6.45) is 3.22. The number of aromatic nitrogens is 1. The van der Waals surface area contributed by atoms with Crippen LogP contribution in [0.3, 0.4) is 0 Å². The molecule has 1 aliphatic heterocycles. The molecule has 0 spiro atoms. The van der Waals surface area contributed by atoms with E-state index in [0.717, 1.165) is 25.9 Å². The van der Waals surface area contributed by atoms with E-state index in [1.165, 1.54) is 6.42 Å². The van der Waals surface area contributed by atoms with Crippen molar-refractivity contribution in [1.29, 1.82) is 0 Å². The normalized spacial score (nSPS) is 16.2. The molecule has 0 saturated carbocycles. The Hall–Kier alpha value is -1.45. The summed E-state index contributed by atoms with van der Waals surface area (Å²) in [4.78, 5) is 17.4. The molecule has 86 valence electrons. The Morgan fingerprint density at radius 2 is 2.00 bits per heavy atom. The molecule has 0 unspecified atom stereocenters. The van der Waals surface area contributed by atoms with Crippen molar-refractivity contribution < 1.29 is 9.18 Å². The summed E-state index contributed by atoms with van der Waals surface area (Å²) in [5.41, 5.74) is 0.681. The predicted octanol–water partition coefficient (Wildman–Crippen LogP) is 2.16. The third-order valence-electron chi connectivity index (χ3n) is 2.90. The average Bonchev–Trinajstić information content (AvgIpc) is 2.33. The van der Waals surface area contributed by atoms with E-state index in [4.69, 9.17) is 0 Å². The molecule has 0 aliphatic carbocycles. The van der Waals surface area contributed by atoms with E-state index in [-0.39, 0.29) is 11.6 Å². The lowest BCUT2D eigenvalue weighted by Gasteiger charge is -2.26. The molecule has 4 heteroatoms. The molecule has 2 rings (SSSR count). The van der Waals surface area contributed by atoms with Gasteiger partial charge in [0, 0.05) is 18.7 Å². The van der Waals surface area contributed by atoms with Gasteiger partial charge in [0.2, 0.25) is 5.95 Å². The highest BCUT2D eigenvalue weighted by molar-refractivity contribution is 5.92. The van der Waals surface area contributed by atoms with Crippen LogP contribution in [0.4, 0.5) is 4.39 Å². The molecule has 3 nitrogen and oxygen atoms in total. The summed E-state index contributed by atoms with van der Waals surface area (Å²) in [6, 6.07) is 3.19. The largest absolute Gasteiger partial charge is 0.337 e. The summed E-state index contributed by atoms with van der Waals surface area (Å²) < 4.78 is 13.2. The first-order valence-corrected chi connectivity index (χ1v) is 5.61. The molecule has 0 N–H and O–H groups in total. The van der Waals surface area contributed by atoms with E-state index in [2.05, 4.69) is 4.98 Å². The van der Waals surface area contributed by atoms with Gasteiger partial charge in [0.25, 0.3) is 5.91 Å². The minimum atomic E-state index is -0.553. The predicted molar refractivity (Wildman–Crippen MR) is 58.7 cm³/mol. The lowest BCUT2D eigenvalue weighted by atomic mass is 10.1. The maximum Gasteiger partial charge on any atom is 0.272 e. The maximum absolute atomic E-state index is 13.2. The van der Waals surface area contributed by atoms with Crippen molar-refractivity contribution in [2.45, 2.75) is 26.2 Å². The molecule has 0 atom stereocenters. The highest BCUT2D eigenvalue weighted by Gasteiger charge is 2.19. The average molecular weight is 222 g/mol. The molecule has 1 aromatic heterocycles. The van der Waals surface area contributed by atoms with E-state index in [0.29, 0.717) is 5.56 Å². The number of hydrogen-bond acceptors (Lipinski definition) is 2. The Labute approximate surface area is 94.3 Å². The Balaban J connectivity index is 2.16. The highest BCUT2D eigenvalue weighted by Crippen LogP contribution is 2.13. The topological polar surface area (TPSA) is 33.2 Å². The zero-order valence-corrected chi connectivity index (χ0v) is 9.37. The third-order valence-corrected chi connectivity index (χ3v) is 2.90. The maximum atomic E-state index is 13.2. The zero-order chi connectivity index (χ0) is 11.5. The molecule has 1 saturated heterocycles. The quantitative estimate of drug-likeness (QED) is 0.682. The number of amides is 1. The molecule has 0 aromatic carbocycles. The van der Waals surface area contributed by atoms with Crippen molar-refractivity contribution >= 4 is 5.91 Å². The van der Waals surface area contributed by atoms with E-state index in [1.807, 2.05) is 0 Å². The van der Waals surface area contributed by atoms with Gasteiger partial charge in [0.05, 0.1) is 0 Å². The molecule has 1 aromatic rings. The first-order chi connectivity index (χ1) is 7.68. The molecule has 0 bridgehead atoms. The van der Waals surface area contributed by atoms with Crippen LogP contribution in [0, 0.1) is 12.9 Å². The van der Waals surface area contributed by atoms with Crippen LogP contribution in [0.2, 0.25) is 0 Å². The number of rotatable bonds is 1. The second-order valence-electron chi connectivity index (χ2n) is 4.16. The van der Waals surface area contributed by atoms with Gasteiger partial charge in [-0.1, -0.05) is 6.07 Å². The van der Waals surface area contributed by atoms with E-state index in [1.54, 1.807) is 24.0 Å². The number of halogens is 1. The Morgan fingerprint density at radius 3 is 2.62 bits per heavy atom. The van der Waals surface area contributed by atoms with Gasteiger partial charge in [0.1, 0.15) is 5.69 Å². The van der Waals surface area contributed by atoms with Crippen molar-refractivity contribution in [3.05, 3.63) is 29.3 Å². The fraction of sp³-hybridized carbons (Fsp3) is 0.500. The van der Waals surface area contributed by atoms with Crippen LogP contribution in [0.5, 0.6) is 0 Å². The lowest BCUT2D eigenvalue weighted by molar-refractivity contribution is 0.0717. The Morgan fingerprint density at radius 1 is 1.31 bits per heavy atom. The number of hydrogen-bond donors (Lipinski definition) is 0. The van der Waals surface area contributed by atoms with Gasteiger partial charge >= 0.3 is 0 Å². The lowest BCUT2D eigenvalue weighted by Crippen LogP contribution is -2.36. The minimum absolute atomic E-state index is 0.154. The van der Waals surface area contributed by atoms with Gasteiger partial charge in [-0.15, -0.1) is 0 Å². The first-order valence-electron chi connectivity index (χ1n) is 5.61. The van der Waals surface area contributed by atoms with Crippen LogP contribution in [0.1, 0.15) is 35.3 Å². The minimum Gasteiger partial charge on any atom is -0.337 e. The molecule has 1 fully saturated rings. The van der Waals surface area contributed by atoms with Crippen LogP contribution >= 0.6 is 0 Å². The fourth-order valence-electron chi connectivity index (χ4n) is 1.88. The van der Waals surface area contributed by atoms with Gasteiger partial charge in [-0.3, -0.25) is 4.79 Å². The SMILES string of the molecule is Cc1ccc(C(=O)N2CCCCC2)nc1F. The highest BCUT2D eigenvalue weighted by atomic mass is 19.1. The Kier molecular flexibility index (Phi) is 3.17. The molecule has 0 radical (unpaired) electrons. The molecule has 16 heavy (non-hydrogen) atoms. The summed E-state index contributed by atoms with van der Waals surface area (Å²) in [5, 5.41) is 0. The number of carbonyl (C=O) groups is 1. The van der Waals surface area contributed by atoms with Crippen LogP contribution < -0.4 is 0 Å². The standard InChI is InChI=1S/C12H15FN2O/c1-9-5-6-10(14-11(9)13)12(16)15-7-3-2-4-8-15/h5-6H,2-4,7-8H2,1H3. The number of piperidine rings is 1. The van der Waals surface area contributed by atoms with Crippen LogP contribution in [0.25, 0.3) is 0 Å². The van der Waals surface area contributed by atoms with E-state index < -0.39 is 5.95 Å². The van der Waals surface area contributed by atoms with Gasteiger partial charge in [0.15, 0.2) is 0 Å². The summed E-state index contributed by atoms with van der Waals surface area (Å²) >= 11 is 0. The van der Waals surface area contributed by atoms with Gasteiger partial charge in [-0.05, 0) is 32.3 Å². The fourth-order valence-corrected chi connectivity index (χ4v) is 1.88. The van der Waals surface area contributed by atoms with Crippen molar-refractivity contribution in [1.82, 2.24) is 9.88 Å². The zero-order valence-electron chi connectivity index (χ0n) is 9.37. The van der Waals surface area contributed by atoms with Crippen LogP contribution in [-0.2, 0) is 0 Å². The second kappa shape index (κ2) is 4.60. The van der Waals surface area contributed by atoms with Crippen LogP contribution in [-0.4, -0.2) is 28.9 Å².